The topological polar surface area (TPSA) is 29.5 Å². The molecule has 0 bridgehead atoms. The van der Waals surface area contributed by atoms with Gasteiger partial charge in [0.25, 0.3) is 0 Å². The summed E-state index contributed by atoms with van der Waals surface area (Å²) in [6.07, 6.45) is 1.19. The van der Waals surface area contributed by atoms with E-state index in [4.69, 9.17) is 16.7 Å². The van der Waals surface area contributed by atoms with Crippen LogP contribution in [0, 0.1) is 0 Å². The Morgan fingerprint density at radius 3 is 2.71 bits per heavy atom. The fourth-order valence-electron chi connectivity index (χ4n) is 0.147. The van der Waals surface area contributed by atoms with Crippen LogP contribution in [0.3, 0.4) is 0 Å². The second-order valence-corrected chi connectivity index (χ2v) is 1.38. The Morgan fingerprint density at radius 1 is 2.00 bits per heavy atom. The van der Waals surface area contributed by atoms with E-state index in [9.17, 15) is 0 Å². The number of halogens is 1. The quantitative estimate of drug-likeness (QED) is 0.441. The molecular formula is C4H7ClO2. The molecule has 0 fully saturated rings. The zero-order chi connectivity index (χ0) is 5.70. The molecule has 0 aliphatic heterocycles. The molecule has 42 valence electrons. The van der Waals surface area contributed by atoms with E-state index in [0.717, 1.165) is 0 Å². The SMILES string of the molecule is C=COC(Cl)CO. The maximum absolute atomic E-state index is 8.16. The summed E-state index contributed by atoms with van der Waals surface area (Å²) in [6.45, 7) is 3.04. The molecule has 0 radical (unpaired) electrons. The molecule has 2 nitrogen and oxygen atoms in total. The summed E-state index contributed by atoms with van der Waals surface area (Å²) in [5.74, 6) is 0. The summed E-state index contributed by atoms with van der Waals surface area (Å²) in [5.41, 5.74) is -0.641. The molecule has 0 aliphatic carbocycles. The highest BCUT2D eigenvalue weighted by Crippen LogP contribution is 1.94. The van der Waals surface area contributed by atoms with Crippen LogP contribution in [-0.4, -0.2) is 17.3 Å². The van der Waals surface area contributed by atoms with E-state index in [0.29, 0.717) is 0 Å². The molecule has 0 heterocycles. The molecule has 0 amide bonds. The molecule has 1 N–H and O–H groups in total. The lowest BCUT2D eigenvalue weighted by atomic mass is 10.8. The molecule has 0 saturated heterocycles. The van der Waals surface area contributed by atoms with Gasteiger partial charge >= 0.3 is 0 Å². The van der Waals surface area contributed by atoms with Crippen LogP contribution in [0.15, 0.2) is 12.8 Å². The monoisotopic (exact) mass is 122 g/mol. The van der Waals surface area contributed by atoms with Gasteiger partial charge in [-0.3, -0.25) is 0 Å². The molecule has 3 heteroatoms. The van der Waals surface area contributed by atoms with Crippen molar-refractivity contribution < 1.29 is 9.84 Å². The predicted molar refractivity (Wildman–Crippen MR) is 28.0 cm³/mol. The van der Waals surface area contributed by atoms with Gasteiger partial charge in [0, 0.05) is 0 Å². The first kappa shape index (κ1) is 6.79. The zero-order valence-electron chi connectivity index (χ0n) is 3.80. The van der Waals surface area contributed by atoms with Crippen molar-refractivity contribution in [2.75, 3.05) is 6.61 Å². The van der Waals surface area contributed by atoms with Crippen LogP contribution >= 0.6 is 11.6 Å². The zero-order valence-corrected chi connectivity index (χ0v) is 4.56. The van der Waals surface area contributed by atoms with Gasteiger partial charge < -0.3 is 9.84 Å². The Balaban J connectivity index is 2.98. The van der Waals surface area contributed by atoms with Crippen LogP contribution < -0.4 is 0 Å². The highest BCUT2D eigenvalue weighted by atomic mass is 35.5. The maximum Gasteiger partial charge on any atom is 0.194 e. The van der Waals surface area contributed by atoms with Crippen molar-refractivity contribution in [1.82, 2.24) is 0 Å². The lowest BCUT2D eigenvalue weighted by Crippen LogP contribution is -2.04. The third kappa shape index (κ3) is 3.62. The van der Waals surface area contributed by atoms with Crippen molar-refractivity contribution in [3.8, 4) is 0 Å². The predicted octanol–water partition coefficient (Wildman–Crippen LogP) is 0.704. The number of aliphatic hydroxyl groups excluding tert-OH is 1. The normalized spacial score (nSPS) is 12.9. The van der Waals surface area contributed by atoms with Crippen LogP contribution in [-0.2, 0) is 4.74 Å². The number of hydrogen-bond acceptors (Lipinski definition) is 2. The lowest BCUT2D eigenvalue weighted by molar-refractivity contribution is 0.136. The largest absolute Gasteiger partial charge is 0.480 e. The van der Waals surface area contributed by atoms with E-state index < -0.39 is 5.56 Å². The van der Waals surface area contributed by atoms with Crippen molar-refractivity contribution in [3.63, 3.8) is 0 Å². The maximum atomic E-state index is 8.16. The smallest absolute Gasteiger partial charge is 0.194 e. The fourth-order valence-corrected chi connectivity index (χ4v) is 0.220. The van der Waals surface area contributed by atoms with Crippen LogP contribution in [0.4, 0.5) is 0 Å². The Bertz CT molecular complexity index is 55.7. The lowest BCUT2D eigenvalue weighted by Gasteiger charge is -2.01. The van der Waals surface area contributed by atoms with Crippen LogP contribution in [0.5, 0.6) is 0 Å². The van der Waals surface area contributed by atoms with E-state index in [1.165, 1.54) is 6.26 Å². The van der Waals surface area contributed by atoms with Crippen LogP contribution in [0.2, 0.25) is 0 Å². The Hall–Kier alpha value is -0.210. The van der Waals surface area contributed by atoms with Gasteiger partial charge in [-0.1, -0.05) is 18.2 Å². The first-order valence-corrected chi connectivity index (χ1v) is 2.26. The number of ether oxygens (including phenoxy) is 1. The summed E-state index contributed by atoms with van der Waals surface area (Å²) in [5, 5.41) is 8.16. The van der Waals surface area contributed by atoms with Gasteiger partial charge in [-0.15, -0.1) is 0 Å². The molecule has 0 aromatic carbocycles. The standard InChI is InChI=1S/C4H7ClO2/c1-2-7-4(5)3-6/h2,4,6H,1,3H2. The molecule has 0 aliphatic rings. The number of alkyl halides is 1. The molecule has 1 unspecified atom stereocenters. The Labute approximate surface area is 47.4 Å². The number of hydrogen-bond donors (Lipinski definition) is 1. The van der Waals surface area contributed by atoms with Crippen molar-refractivity contribution in [1.29, 1.82) is 0 Å². The van der Waals surface area contributed by atoms with Gasteiger partial charge in [0.1, 0.15) is 0 Å². The van der Waals surface area contributed by atoms with E-state index in [-0.39, 0.29) is 6.61 Å². The van der Waals surface area contributed by atoms with Crippen molar-refractivity contribution in [2.24, 2.45) is 0 Å². The minimum absolute atomic E-state index is 0.187. The number of rotatable bonds is 3. The molecule has 7 heavy (non-hydrogen) atoms. The highest BCUT2D eigenvalue weighted by Gasteiger charge is 1.95. The molecular weight excluding hydrogens is 115 g/mol. The summed E-state index contributed by atoms with van der Waals surface area (Å²) in [6, 6.07) is 0. The average molecular weight is 123 g/mol. The molecule has 1 atom stereocenters. The van der Waals surface area contributed by atoms with Gasteiger partial charge in [0.05, 0.1) is 12.9 Å². The van der Waals surface area contributed by atoms with Gasteiger partial charge in [-0.05, 0) is 0 Å². The number of aliphatic hydroxyl groups is 1. The molecule has 0 spiro atoms. The fraction of sp³-hybridized carbons (Fsp3) is 0.500. The first-order chi connectivity index (χ1) is 3.31. The van der Waals surface area contributed by atoms with Gasteiger partial charge in [-0.25, -0.2) is 0 Å². The molecule has 0 aromatic rings. The minimum Gasteiger partial charge on any atom is -0.480 e. The summed E-state index contributed by atoms with van der Waals surface area (Å²) in [7, 11) is 0. The van der Waals surface area contributed by atoms with Crippen molar-refractivity contribution in [2.45, 2.75) is 5.56 Å². The van der Waals surface area contributed by atoms with E-state index in [2.05, 4.69) is 11.3 Å². The molecule has 0 rings (SSSR count). The van der Waals surface area contributed by atoms with Crippen LogP contribution in [0.1, 0.15) is 0 Å². The van der Waals surface area contributed by atoms with Gasteiger partial charge in [-0.2, -0.15) is 0 Å². The summed E-state index contributed by atoms with van der Waals surface area (Å²) >= 11 is 5.22. The van der Waals surface area contributed by atoms with Gasteiger partial charge in [0.15, 0.2) is 5.56 Å². The van der Waals surface area contributed by atoms with E-state index >= 15 is 0 Å². The third-order valence-corrected chi connectivity index (χ3v) is 0.628. The molecule has 0 saturated carbocycles. The third-order valence-electron chi connectivity index (χ3n) is 0.387. The van der Waals surface area contributed by atoms with Crippen LogP contribution in [0.25, 0.3) is 0 Å². The Morgan fingerprint density at radius 2 is 2.57 bits per heavy atom. The Kier molecular flexibility index (Phi) is 3.84. The average Bonchev–Trinajstić information content (AvgIpc) is 1.68. The highest BCUT2D eigenvalue weighted by molar-refractivity contribution is 6.19. The van der Waals surface area contributed by atoms with Crippen molar-refractivity contribution >= 4 is 11.6 Å². The summed E-state index contributed by atoms with van der Waals surface area (Å²) in [4.78, 5) is 0. The second-order valence-electron chi connectivity index (χ2n) is 0.895. The molecule has 0 aromatic heterocycles. The second kappa shape index (κ2) is 3.96. The summed E-state index contributed by atoms with van der Waals surface area (Å²) < 4.78 is 4.47. The van der Waals surface area contributed by atoms with Gasteiger partial charge in [0.2, 0.25) is 0 Å². The van der Waals surface area contributed by atoms with Crippen molar-refractivity contribution in [3.05, 3.63) is 12.8 Å². The van der Waals surface area contributed by atoms with E-state index in [1.54, 1.807) is 0 Å². The first-order valence-electron chi connectivity index (χ1n) is 1.82. The van der Waals surface area contributed by atoms with E-state index in [1.807, 2.05) is 0 Å². The minimum atomic E-state index is -0.641.